The first-order valence-corrected chi connectivity index (χ1v) is 8.65. The lowest BCUT2D eigenvalue weighted by molar-refractivity contribution is -0.0925. The largest absolute Gasteiger partial charge is 0.472 e. The molecular weight excluding hydrogens is 302 g/mol. The predicted octanol–water partition coefficient (Wildman–Crippen LogP) is 2.60. The molecule has 2 aromatic rings. The van der Waals surface area contributed by atoms with Gasteiger partial charge in [0, 0.05) is 37.1 Å². The van der Waals surface area contributed by atoms with Crippen molar-refractivity contribution in [2.75, 3.05) is 13.2 Å². The molecule has 5 heteroatoms. The van der Waals surface area contributed by atoms with Crippen molar-refractivity contribution in [3.63, 3.8) is 0 Å². The molecule has 0 bridgehead atoms. The molecule has 1 saturated heterocycles. The summed E-state index contributed by atoms with van der Waals surface area (Å²) in [4.78, 5) is 11.4. The normalized spacial score (nSPS) is 27.0. The quantitative estimate of drug-likeness (QED) is 0.865. The second-order valence-electron chi connectivity index (χ2n) is 6.55. The highest BCUT2D eigenvalue weighted by molar-refractivity contribution is 5.13. The lowest BCUT2D eigenvalue weighted by Gasteiger charge is -2.38. The Kier molecular flexibility index (Phi) is 4.45. The number of pyridine rings is 2. The van der Waals surface area contributed by atoms with E-state index in [9.17, 15) is 0 Å². The first kappa shape index (κ1) is 15.5. The zero-order chi connectivity index (χ0) is 16.4. The van der Waals surface area contributed by atoms with Gasteiger partial charge in [-0.05, 0) is 38.0 Å². The van der Waals surface area contributed by atoms with E-state index in [4.69, 9.17) is 9.47 Å². The average Bonchev–Trinajstić information content (AvgIpc) is 3.00. The van der Waals surface area contributed by atoms with E-state index in [1.54, 1.807) is 6.20 Å². The van der Waals surface area contributed by atoms with Gasteiger partial charge in [-0.15, -0.1) is 0 Å². The number of hydrogen-bond donors (Lipinski definition) is 0. The third-order valence-electron chi connectivity index (χ3n) is 4.87. The molecule has 5 nitrogen and oxygen atoms in total. The van der Waals surface area contributed by atoms with Crippen LogP contribution in [-0.4, -0.2) is 46.3 Å². The van der Waals surface area contributed by atoms with E-state index in [1.807, 2.05) is 31.2 Å². The minimum atomic E-state index is 0.0816. The highest BCUT2D eigenvalue weighted by atomic mass is 16.5. The van der Waals surface area contributed by atoms with Gasteiger partial charge in [0.1, 0.15) is 12.2 Å². The molecule has 1 saturated carbocycles. The predicted molar refractivity (Wildman–Crippen MR) is 90.8 cm³/mol. The van der Waals surface area contributed by atoms with Crippen LogP contribution >= 0.6 is 0 Å². The van der Waals surface area contributed by atoms with Crippen LogP contribution in [0.3, 0.4) is 0 Å². The van der Waals surface area contributed by atoms with Crippen molar-refractivity contribution in [1.29, 1.82) is 0 Å². The Bertz CT molecular complexity index is 679. The van der Waals surface area contributed by atoms with Crippen LogP contribution in [0, 0.1) is 6.92 Å². The number of aromatic nitrogens is 2. The maximum atomic E-state index is 6.08. The van der Waals surface area contributed by atoms with Gasteiger partial charge in [-0.25, -0.2) is 4.98 Å². The van der Waals surface area contributed by atoms with E-state index >= 15 is 0 Å². The van der Waals surface area contributed by atoms with E-state index in [0.29, 0.717) is 11.9 Å². The van der Waals surface area contributed by atoms with Crippen molar-refractivity contribution in [3.8, 4) is 5.88 Å². The molecule has 1 aliphatic heterocycles. The highest BCUT2D eigenvalue weighted by Crippen LogP contribution is 2.33. The molecular formula is C19H23N3O2. The Labute approximate surface area is 142 Å². The topological polar surface area (TPSA) is 47.5 Å². The van der Waals surface area contributed by atoms with Gasteiger partial charge in [0.2, 0.25) is 5.88 Å². The van der Waals surface area contributed by atoms with E-state index in [2.05, 4.69) is 27.0 Å². The van der Waals surface area contributed by atoms with Gasteiger partial charge in [0.05, 0.1) is 12.3 Å². The van der Waals surface area contributed by atoms with Crippen molar-refractivity contribution >= 4 is 0 Å². The fourth-order valence-electron chi connectivity index (χ4n) is 3.78. The third kappa shape index (κ3) is 3.28. The standard InChI is InChI=1S/C19H23N3O2/c1-14-5-4-6-15(21-14)13-22-11-12-23-19-16(22)8-9-17(19)24-18-7-2-3-10-20-18/h2-7,10,16-17,19H,8-9,11-13H2,1H3/t16-,17-,19+/m1/s1. The number of rotatable bonds is 4. The molecule has 0 N–H and O–H groups in total. The summed E-state index contributed by atoms with van der Waals surface area (Å²) >= 11 is 0. The van der Waals surface area contributed by atoms with Gasteiger partial charge in [-0.3, -0.25) is 9.88 Å². The molecule has 2 aliphatic rings. The van der Waals surface area contributed by atoms with Crippen LogP contribution in [0.4, 0.5) is 0 Å². The number of hydrogen-bond acceptors (Lipinski definition) is 5. The number of ether oxygens (including phenoxy) is 2. The van der Waals surface area contributed by atoms with Crippen LogP contribution in [0.5, 0.6) is 5.88 Å². The molecule has 0 radical (unpaired) electrons. The second-order valence-corrected chi connectivity index (χ2v) is 6.55. The first-order valence-electron chi connectivity index (χ1n) is 8.65. The summed E-state index contributed by atoms with van der Waals surface area (Å²) in [6, 6.07) is 12.4. The fraction of sp³-hybridized carbons (Fsp3) is 0.474. The molecule has 0 unspecified atom stereocenters. The molecule has 0 spiro atoms. The summed E-state index contributed by atoms with van der Waals surface area (Å²) in [5.74, 6) is 0.684. The Hall–Kier alpha value is -1.98. The van der Waals surface area contributed by atoms with Gasteiger partial charge < -0.3 is 9.47 Å². The molecule has 2 aromatic heterocycles. The van der Waals surface area contributed by atoms with Gasteiger partial charge in [-0.1, -0.05) is 12.1 Å². The molecule has 0 amide bonds. The smallest absolute Gasteiger partial charge is 0.213 e. The Morgan fingerprint density at radius 2 is 2.17 bits per heavy atom. The van der Waals surface area contributed by atoms with E-state index in [-0.39, 0.29) is 12.2 Å². The Balaban J connectivity index is 1.44. The van der Waals surface area contributed by atoms with Crippen LogP contribution in [0.1, 0.15) is 24.2 Å². The number of aryl methyl sites for hydroxylation is 1. The zero-order valence-electron chi connectivity index (χ0n) is 14.0. The van der Waals surface area contributed by atoms with Gasteiger partial charge >= 0.3 is 0 Å². The van der Waals surface area contributed by atoms with E-state index in [1.165, 1.54) is 0 Å². The van der Waals surface area contributed by atoms with Crippen molar-refractivity contribution in [3.05, 3.63) is 54.0 Å². The number of nitrogens with zero attached hydrogens (tertiary/aromatic N) is 3. The summed E-state index contributed by atoms with van der Waals surface area (Å²) in [5, 5.41) is 0. The first-order chi connectivity index (χ1) is 11.8. The molecule has 24 heavy (non-hydrogen) atoms. The summed E-state index contributed by atoms with van der Waals surface area (Å²) in [5.41, 5.74) is 2.20. The summed E-state index contributed by atoms with van der Waals surface area (Å²) < 4.78 is 12.1. The fourth-order valence-corrected chi connectivity index (χ4v) is 3.78. The summed E-state index contributed by atoms with van der Waals surface area (Å²) in [6.45, 7) is 4.61. The third-order valence-corrected chi connectivity index (χ3v) is 4.87. The molecule has 1 aliphatic carbocycles. The van der Waals surface area contributed by atoms with Crippen molar-refractivity contribution in [2.45, 2.75) is 44.6 Å². The summed E-state index contributed by atoms with van der Waals surface area (Å²) in [7, 11) is 0. The monoisotopic (exact) mass is 325 g/mol. The van der Waals surface area contributed by atoms with Gasteiger partial charge in [0.15, 0.2) is 0 Å². The molecule has 3 atom stereocenters. The van der Waals surface area contributed by atoms with Crippen LogP contribution in [0.25, 0.3) is 0 Å². The molecule has 0 aromatic carbocycles. The van der Waals surface area contributed by atoms with Crippen LogP contribution in [-0.2, 0) is 11.3 Å². The average molecular weight is 325 g/mol. The molecule has 3 heterocycles. The SMILES string of the molecule is Cc1cccc(CN2CCO[C@H]3[C@H]2CC[C@H]3Oc2ccccn2)n1. The number of morpholine rings is 1. The Morgan fingerprint density at radius 3 is 3.00 bits per heavy atom. The van der Waals surface area contributed by atoms with Gasteiger partial charge in [0.25, 0.3) is 0 Å². The van der Waals surface area contributed by atoms with Crippen molar-refractivity contribution in [1.82, 2.24) is 14.9 Å². The van der Waals surface area contributed by atoms with Crippen molar-refractivity contribution in [2.24, 2.45) is 0 Å². The zero-order valence-corrected chi connectivity index (χ0v) is 14.0. The minimum Gasteiger partial charge on any atom is -0.472 e. The highest BCUT2D eigenvalue weighted by Gasteiger charge is 2.44. The maximum absolute atomic E-state index is 6.08. The van der Waals surface area contributed by atoms with Crippen molar-refractivity contribution < 1.29 is 9.47 Å². The van der Waals surface area contributed by atoms with Crippen LogP contribution in [0.2, 0.25) is 0 Å². The Morgan fingerprint density at radius 1 is 1.21 bits per heavy atom. The lowest BCUT2D eigenvalue weighted by Crippen LogP contribution is -2.51. The molecule has 2 fully saturated rings. The lowest BCUT2D eigenvalue weighted by atomic mass is 10.1. The van der Waals surface area contributed by atoms with E-state index < -0.39 is 0 Å². The minimum absolute atomic E-state index is 0.0816. The maximum Gasteiger partial charge on any atom is 0.213 e. The van der Waals surface area contributed by atoms with E-state index in [0.717, 1.165) is 43.9 Å². The molecule has 126 valence electrons. The summed E-state index contributed by atoms with van der Waals surface area (Å²) in [6.07, 6.45) is 4.06. The molecule has 4 rings (SSSR count). The van der Waals surface area contributed by atoms with Gasteiger partial charge in [-0.2, -0.15) is 0 Å². The number of fused-ring (bicyclic) bond motifs is 1. The second kappa shape index (κ2) is 6.87. The van der Waals surface area contributed by atoms with Crippen LogP contribution < -0.4 is 4.74 Å². The van der Waals surface area contributed by atoms with Crippen LogP contribution in [0.15, 0.2) is 42.6 Å².